The van der Waals surface area contributed by atoms with Crippen LogP contribution in [0.25, 0.3) is 0 Å². The standard InChI is InChI=1S/C18H27N3O2/c1-3-20(4-2)16-10-11-19(12-16)13-17-14-21(18(22)23-17)15-8-6-5-7-9-15/h5-9,16-17H,3-4,10-14H2,1-2H3. The topological polar surface area (TPSA) is 36.0 Å². The van der Waals surface area contributed by atoms with Gasteiger partial charge in [-0.05, 0) is 38.2 Å². The average Bonchev–Trinajstić information content (AvgIpc) is 3.17. The first-order valence-corrected chi connectivity index (χ1v) is 8.70. The van der Waals surface area contributed by atoms with Gasteiger partial charge >= 0.3 is 6.09 Å². The monoisotopic (exact) mass is 317 g/mol. The zero-order valence-electron chi connectivity index (χ0n) is 14.1. The normalized spacial score (nSPS) is 25.3. The van der Waals surface area contributed by atoms with Gasteiger partial charge in [-0.1, -0.05) is 32.0 Å². The predicted molar refractivity (Wildman–Crippen MR) is 91.8 cm³/mol. The lowest BCUT2D eigenvalue weighted by atomic mass is 10.2. The van der Waals surface area contributed by atoms with E-state index in [-0.39, 0.29) is 12.2 Å². The van der Waals surface area contributed by atoms with Crippen LogP contribution in [-0.4, -0.2) is 67.3 Å². The van der Waals surface area contributed by atoms with Gasteiger partial charge in [0.2, 0.25) is 0 Å². The number of hydrogen-bond donors (Lipinski definition) is 0. The van der Waals surface area contributed by atoms with Gasteiger partial charge in [0.15, 0.2) is 0 Å². The fourth-order valence-electron chi connectivity index (χ4n) is 3.74. The lowest BCUT2D eigenvalue weighted by molar-refractivity contribution is 0.113. The second kappa shape index (κ2) is 7.32. The van der Waals surface area contributed by atoms with Crippen LogP contribution >= 0.6 is 0 Å². The number of para-hydroxylation sites is 1. The van der Waals surface area contributed by atoms with Crippen molar-refractivity contribution in [1.82, 2.24) is 9.80 Å². The van der Waals surface area contributed by atoms with Gasteiger partial charge in [-0.2, -0.15) is 0 Å². The number of benzene rings is 1. The minimum absolute atomic E-state index is 0.0295. The molecule has 2 fully saturated rings. The Morgan fingerprint density at radius 2 is 1.91 bits per heavy atom. The van der Waals surface area contributed by atoms with Gasteiger partial charge in [-0.3, -0.25) is 14.7 Å². The summed E-state index contributed by atoms with van der Waals surface area (Å²) >= 11 is 0. The first-order valence-electron chi connectivity index (χ1n) is 8.70. The molecule has 2 heterocycles. The summed E-state index contributed by atoms with van der Waals surface area (Å²) in [6.45, 7) is 10.3. The summed E-state index contributed by atoms with van der Waals surface area (Å²) in [5.74, 6) is 0. The van der Waals surface area contributed by atoms with Crippen LogP contribution < -0.4 is 4.90 Å². The minimum Gasteiger partial charge on any atom is -0.443 e. The highest BCUT2D eigenvalue weighted by atomic mass is 16.6. The highest BCUT2D eigenvalue weighted by molar-refractivity contribution is 5.89. The quantitative estimate of drug-likeness (QED) is 0.807. The number of anilines is 1. The van der Waals surface area contributed by atoms with E-state index in [1.165, 1.54) is 6.42 Å². The predicted octanol–water partition coefficient (Wildman–Crippen LogP) is 2.43. The van der Waals surface area contributed by atoms with E-state index in [9.17, 15) is 4.79 Å². The smallest absolute Gasteiger partial charge is 0.414 e. The van der Waals surface area contributed by atoms with Gasteiger partial charge in [0, 0.05) is 24.8 Å². The van der Waals surface area contributed by atoms with Crippen molar-refractivity contribution >= 4 is 11.8 Å². The number of likely N-dealkylation sites (tertiary alicyclic amines) is 1. The molecule has 0 bridgehead atoms. The van der Waals surface area contributed by atoms with Gasteiger partial charge in [0.1, 0.15) is 6.10 Å². The summed E-state index contributed by atoms with van der Waals surface area (Å²) in [5, 5.41) is 0. The molecule has 2 saturated heterocycles. The molecular formula is C18H27N3O2. The molecule has 1 amide bonds. The van der Waals surface area contributed by atoms with Crippen molar-refractivity contribution in [3.05, 3.63) is 30.3 Å². The van der Waals surface area contributed by atoms with Crippen LogP contribution in [0.4, 0.5) is 10.5 Å². The SMILES string of the molecule is CCN(CC)C1CCN(CC2CN(c3ccccc3)C(=O)O2)C1. The highest BCUT2D eigenvalue weighted by Crippen LogP contribution is 2.23. The van der Waals surface area contributed by atoms with E-state index < -0.39 is 0 Å². The van der Waals surface area contributed by atoms with Crippen molar-refractivity contribution in [3.63, 3.8) is 0 Å². The number of nitrogens with zero attached hydrogens (tertiary/aromatic N) is 3. The molecule has 3 rings (SSSR count). The summed E-state index contributed by atoms with van der Waals surface area (Å²) in [6.07, 6.45) is 0.962. The average molecular weight is 317 g/mol. The Hall–Kier alpha value is -1.59. The van der Waals surface area contributed by atoms with E-state index in [4.69, 9.17) is 4.74 Å². The Kier molecular flexibility index (Phi) is 5.18. The molecule has 2 unspecified atom stereocenters. The number of hydrogen-bond acceptors (Lipinski definition) is 4. The molecule has 1 aromatic carbocycles. The van der Waals surface area contributed by atoms with Gasteiger partial charge < -0.3 is 4.74 Å². The Balaban J connectivity index is 1.53. The molecule has 5 nitrogen and oxygen atoms in total. The minimum atomic E-state index is -0.222. The number of carbonyl (C=O) groups excluding carboxylic acids is 1. The van der Waals surface area contributed by atoms with Crippen LogP contribution in [0.15, 0.2) is 30.3 Å². The van der Waals surface area contributed by atoms with Crippen molar-refractivity contribution < 1.29 is 9.53 Å². The number of cyclic esters (lactones) is 1. The summed E-state index contributed by atoms with van der Waals surface area (Å²) in [4.78, 5) is 18.8. The summed E-state index contributed by atoms with van der Waals surface area (Å²) < 4.78 is 5.57. The molecule has 2 atom stereocenters. The van der Waals surface area contributed by atoms with Crippen LogP contribution in [0.3, 0.4) is 0 Å². The second-order valence-corrected chi connectivity index (χ2v) is 6.38. The number of amides is 1. The first kappa shape index (κ1) is 16.3. The molecule has 0 aromatic heterocycles. The first-order chi connectivity index (χ1) is 11.2. The summed E-state index contributed by atoms with van der Waals surface area (Å²) in [5.41, 5.74) is 0.919. The van der Waals surface area contributed by atoms with E-state index in [1.54, 1.807) is 4.90 Å². The van der Waals surface area contributed by atoms with Gasteiger partial charge in [0.05, 0.1) is 6.54 Å². The van der Waals surface area contributed by atoms with E-state index >= 15 is 0 Å². The van der Waals surface area contributed by atoms with Crippen LogP contribution in [-0.2, 0) is 4.74 Å². The van der Waals surface area contributed by atoms with Gasteiger partial charge in [-0.25, -0.2) is 4.79 Å². The Morgan fingerprint density at radius 3 is 2.61 bits per heavy atom. The van der Waals surface area contributed by atoms with E-state index in [1.807, 2.05) is 30.3 Å². The van der Waals surface area contributed by atoms with Crippen LogP contribution in [0.5, 0.6) is 0 Å². The van der Waals surface area contributed by atoms with Crippen molar-refractivity contribution in [1.29, 1.82) is 0 Å². The number of carbonyl (C=O) groups is 1. The molecule has 1 aromatic rings. The molecule has 126 valence electrons. The molecule has 0 N–H and O–H groups in total. The van der Waals surface area contributed by atoms with E-state index in [0.29, 0.717) is 12.6 Å². The lowest BCUT2D eigenvalue weighted by Gasteiger charge is -2.26. The second-order valence-electron chi connectivity index (χ2n) is 6.38. The third-order valence-corrected chi connectivity index (χ3v) is 4.98. The van der Waals surface area contributed by atoms with Crippen LogP contribution in [0.2, 0.25) is 0 Å². The third kappa shape index (κ3) is 3.67. The van der Waals surface area contributed by atoms with Crippen molar-refractivity contribution in [2.75, 3.05) is 44.2 Å². The molecule has 23 heavy (non-hydrogen) atoms. The molecule has 2 aliphatic heterocycles. The van der Waals surface area contributed by atoms with Crippen molar-refractivity contribution in [2.24, 2.45) is 0 Å². The Morgan fingerprint density at radius 1 is 1.17 bits per heavy atom. The fourth-order valence-corrected chi connectivity index (χ4v) is 3.74. The maximum absolute atomic E-state index is 12.1. The highest BCUT2D eigenvalue weighted by Gasteiger charge is 2.35. The zero-order valence-corrected chi connectivity index (χ0v) is 14.1. The number of rotatable bonds is 6. The van der Waals surface area contributed by atoms with Crippen molar-refractivity contribution in [2.45, 2.75) is 32.4 Å². The van der Waals surface area contributed by atoms with Crippen LogP contribution in [0, 0.1) is 0 Å². The maximum atomic E-state index is 12.1. The third-order valence-electron chi connectivity index (χ3n) is 4.98. The van der Waals surface area contributed by atoms with Gasteiger partial charge in [0.25, 0.3) is 0 Å². The summed E-state index contributed by atoms with van der Waals surface area (Å²) in [7, 11) is 0. The Labute approximate surface area is 138 Å². The summed E-state index contributed by atoms with van der Waals surface area (Å²) in [6, 6.07) is 10.4. The maximum Gasteiger partial charge on any atom is 0.414 e. The van der Waals surface area contributed by atoms with Crippen molar-refractivity contribution in [3.8, 4) is 0 Å². The molecular weight excluding hydrogens is 290 g/mol. The molecule has 0 radical (unpaired) electrons. The lowest BCUT2D eigenvalue weighted by Crippen LogP contribution is -2.39. The molecule has 5 heteroatoms. The molecule has 0 saturated carbocycles. The molecule has 0 spiro atoms. The number of likely N-dealkylation sites (N-methyl/N-ethyl adjacent to an activating group) is 1. The van der Waals surface area contributed by atoms with Gasteiger partial charge in [-0.15, -0.1) is 0 Å². The Bertz CT molecular complexity index is 518. The fraction of sp³-hybridized carbons (Fsp3) is 0.611. The zero-order chi connectivity index (χ0) is 16.2. The number of ether oxygens (including phenoxy) is 1. The van der Waals surface area contributed by atoms with Crippen LogP contribution in [0.1, 0.15) is 20.3 Å². The van der Waals surface area contributed by atoms with E-state index in [0.717, 1.165) is 38.4 Å². The molecule has 0 aliphatic carbocycles. The largest absolute Gasteiger partial charge is 0.443 e. The van der Waals surface area contributed by atoms with E-state index in [2.05, 4.69) is 23.6 Å². The molecule has 2 aliphatic rings.